The van der Waals surface area contributed by atoms with Crippen LogP contribution in [0.1, 0.15) is 31.1 Å². The molecule has 6 nitrogen and oxygen atoms in total. The van der Waals surface area contributed by atoms with E-state index >= 15 is 0 Å². The van der Waals surface area contributed by atoms with Crippen LogP contribution in [0.2, 0.25) is 0 Å². The summed E-state index contributed by atoms with van der Waals surface area (Å²) in [6.45, 7) is 6.32. The Labute approximate surface area is 123 Å². The summed E-state index contributed by atoms with van der Waals surface area (Å²) in [6, 6.07) is 6.30. The summed E-state index contributed by atoms with van der Waals surface area (Å²) in [7, 11) is 0. The molecule has 21 heavy (non-hydrogen) atoms. The molecule has 0 unspecified atom stereocenters. The molecule has 1 fully saturated rings. The Bertz CT molecular complexity index is 543. The van der Waals surface area contributed by atoms with Crippen molar-refractivity contribution in [2.45, 2.75) is 32.5 Å². The van der Waals surface area contributed by atoms with Gasteiger partial charge in [-0.2, -0.15) is 0 Å². The molecular formula is C15H19NO5. The number of carbonyl (C=O) groups is 2. The second kappa shape index (κ2) is 5.63. The second-order valence-corrected chi connectivity index (χ2v) is 5.96. The van der Waals surface area contributed by atoms with E-state index in [-0.39, 0.29) is 17.8 Å². The number of carboxylic acids is 1. The Balaban J connectivity index is 1.84. The molecule has 1 heterocycles. The maximum atomic E-state index is 11.8. The molecule has 6 heteroatoms. The van der Waals surface area contributed by atoms with Gasteiger partial charge in [-0.1, -0.05) is 6.07 Å². The average molecular weight is 293 g/mol. The van der Waals surface area contributed by atoms with Crippen molar-refractivity contribution in [1.29, 1.82) is 0 Å². The van der Waals surface area contributed by atoms with Crippen molar-refractivity contribution < 1.29 is 24.2 Å². The van der Waals surface area contributed by atoms with Gasteiger partial charge in [0.25, 0.3) is 0 Å². The third-order valence-corrected chi connectivity index (χ3v) is 2.88. The highest BCUT2D eigenvalue weighted by atomic mass is 16.6. The molecule has 1 aromatic rings. The molecule has 0 atom stereocenters. The van der Waals surface area contributed by atoms with Gasteiger partial charge in [-0.3, -0.25) is 0 Å². The summed E-state index contributed by atoms with van der Waals surface area (Å²) >= 11 is 0. The van der Waals surface area contributed by atoms with Crippen molar-refractivity contribution in [2.75, 3.05) is 13.1 Å². The number of hydrogen-bond donors (Lipinski definition) is 1. The first-order valence-corrected chi connectivity index (χ1v) is 6.72. The highest BCUT2D eigenvalue weighted by molar-refractivity contribution is 5.88. The Morgan fingerprint density at radius 3 is 2.52 bits per heavy atom. The van der Waals surface area contributed by atoms with E-state index in [0.29, 0.717) is 18.8 Å². The Kier molecular flexibility index (Phi) is 4.06. The van der Waals surface area contributed by atoms with Gasteiger partial charge in [0.1, 0.15) is 17.5 Å². The van der Waals surface area contributed by atoms with Crippen LogP contribution in [0.15, 0.2) is 24.3 Å². The van der Waals surface area contributed by atoms with Crippen LogP contribution in [0.5, 0.6) is 5.75 Å². The van der Waals surface area contributed by atoms with Crippen LogP contribution in [0.3, 0.4) is 0 Å². The Morgan fingerprint density at radius 2 is 1.95 bits per heavy atom. The fraction of sp³-hybridized carbons (Fsp3) is 0.467. The minimum Gasteiger partial charge on any atom is -0.487 e. The normalized spacial score (nSPS) is 15.3. The van der Waals surface area contributed by atoms with Crippen LogP contribution in [0.4, 0.5) is 4.79 Å². The van der Waals surface area contributed by atoms with Crippen molar-refractivity contribution in [3.8, 4) is 5.75 Å². The summed E-state index contributed by atoms with van der Waals surface area (Å²) in [5.74, 6) is -0.506. The van der Waals surface area contributed by atoms with E-state index in [1.54, 1.807) is 17.0 Å². The minimum atomic E-state index is -0.996. The average Bonchev–Trinajstić information content (AvgIpc) is 2.31. The smallest absolute Gasteiger partial charge is 0.410 e. The predicted octanol–water partition coefficient (Wildman–Crippen LogP) is 2.38. The maximum absolute atomic E-state index is 11.8. The quantitative estimate of drug-likeness (QED) is 0.926. The molecule has 114 valence electrons. The SMILES string of the molecule is CC(C)(C)OC(=O)N1CC(Oc2cccc(C(=O)O)c2)C1. The number of likely N-dealkylation sites (tertiary alicyclic amines) is 1. The van der Waals surface area contributed by atoms with E-state index in [2.05, 4.69) is 0 Å². The summed E-state index contributed by atoms with van der Waals surface area (Å²) in [5.41, 5.74) is -0.338. The zero-order valence-electron chi connectivity index (χ0n) is 12.3. The van der Waals surface area contributed by atoms with E-state index in [0.717, 1.165) is 0 Å². The van der Waals surface area contributed by atoms with Gasteiger partial charge in [-0.15, -0.1) is 0 Å². The van der Waals surface area contributed by atoms with Crippen molar-refractivity contribution in [1.82, 2.24) is 4.90 Å². The summed E-state index contributed by atoms with van der Waals surface area (Å²) in [5, 5.41) is 8.91. The number of benzene rings is 1. The topological polar surface area (TPSA) is 76.1 Å². The van der Waals surface area contributed by atoms with Gasteiger partial charge in [0, 0.05) is 0 Å². The van der Waals surface area contributed by atoms with Crippen molar-refractivity contribution >= 4 is 12.1 Å². The van der Waals surface area contributed by atoms with Crippen LogP contribution in [-0.4, -0.2) is 46.9 Å². The second-order valence-electron chi connectivity index (χ2n) is 5.96. The van der Waals surface area contributed by atoms with Gasteiger partial charge >= 0.3 is 12.1 Å². The molecule has 1 amide bonds. The van der Waals surface area contributed by atoms with Crippen molar-refractivity contribution in [2.24, 2.45) is 0 Å². The maximum Gasteiger partial charge on any atom is 0.410 e. The molecule has 0 saturated carbocycles. The lowest BCUT2D eigenvalue weighted by Crippen LogP contribution is -2.57. The molecule has 1 aliphatic heterocycles. The van der Waals surface area contributed by atoms with Crippen molar-refractivity contribution in [3.63, 3.8) is 0 Å². The van der Waals surface area contributed by atoms with Gasteiger partial charge in [-0.05, 0) is 39.0 Å². The molecule has 1 N–H and O–H groups in total. The number of rotatable bonds is 3. The first-order valence-electron chi connectivity index (χ1n) is 6.72. The first-order chi connectivity index (χ1) is 9.74. The first kappa shape index (κ1) is 15.2. The van der Waals surface area contributed by atoms with Crippen LogP contribution in [-0.2, 0) is 4.74 Å². The highest BCUT2D eigenvalue weighted by Gasteiger charge is 2.35. The zero-order chi connectivity index (χ0) is 15.6. The number of nitrogens with zero attached hydrogens (tertiary/aromatic N) is 1. The molecule has 0 spiro atoms. The molecule has 0 aromatic heterocycles. The van der Waals surface area contributed by atoms with Gasteiger partial charge in [0.2, 0.25) is 0 Å². The lowest BCUT2D eigenvalue weighted by molar-refractivity contribution is -0.0221. The minimum absolute atomic E-state index is 0.137. The number of amides is 1. The number of ether oxygens (including phenoxy) is 2. The lowest BCUT2D eigenvalue weighted by atomic mass is 10.1. The van der Waals surface area contributed by atoms with E-state index in [9.17, 15) is 9.59 Å². The fourth-order valence-corrected chi connectivity index (χ4v) is 1.88. The summed E-state index contributed by atoms with van der Waals surface area (Å²) < 4.78 is 10.9. The summed E-state index contributed by atoms with van der Waals surface area (Å²) in [6.07, 6.45) is -0.497. The Hall–Kier alpha value is -2.24. The summed E-state index contributed by atoms with van der Waals surface area (Å²) in [4.78, 5) is 24.2. The highest BCUT2D eigenvalue weighted by Crippen LogP contribution is 2.21. The van der Waals surface area contributed by atoms with Crippen LogP contribution < -0.4 is 4.74 Å². The number of hydrogen-bond acceptors (Lipinski definition) is 4. The lowest BCUT2D eigenvalue weighted by Gasteiger charge is -2.39. The largest absolute Gasteiger partial charge is 0.487 e. The number of aromatic carboxylic acids is 1. The molecule has 0 bridgehead atoms. The van der Waals surface area contributed by atoms with Gasteiger partial charge in [0.05, 0.1) is 18.7 Å². The fourth-order valence-electron chi connectivity index (χ4n) is 1.88. The molecule has 1 aromatic carbocycles. The van der Waals surface area contributed by atoms with Crippen LogP contribution >= 0.6 is 0 Å². The molecule has 0 radical (unpaired) electrons. The Morgan fingerprint density at radius 1 is 1.29 bits per heavy atom. The molecular weight excluding hydrogens is 274 g/mol. The third kappa shape index (κ3) is 4.11. The van der Waals surface area contributed by atoms with E-state index < -0.39 is 11.6 Å². The molecule has 2 rings (SSSR count). The van der Waals surface area contributed by atoms with E-state index in [1.165, 1.54) is 12.1 Å². The standard InChI is InChI=1S/C15H19NO5/c1-15(2,3)21-14(19)16-8-12(9-16)20-11-6-4-5-10(7-11)13(17)18/h4-7,12H,8-9H2,1-3H3,(H,17,18). The van der Waals surface area contributed by atoms with Crippen LogP contribution in [0.25, 0.3) is 0 Å². The predicted molar refractivity (Wildman–Crippen MR) is 75.6 cm³/mol. The third-order valence-electron chi connectivity index (χ3n) is 2.88. The van der Waals surface area contributed by atoms with Crippen molar-refractivity contribution in [3.05, 3.63) is 29.8 Å². The number of carboxylic acid groups (broad SMARTS) is 1. The van der Waals surface area contributed by atoms with E-state index in [4.69, 9.17) is 14.6 Å². The van der Waals surface area contributed by atoms with Gasteiger partial charge < -0.3 is 19.5 Å². The van der Waals surface area contributed by atoms with Gasteiger partial charge in [-0.25, -0.2) is 9.59 Å². The molecule has 1 saturated heterocycles. The van der Waals surface area contributed by atoms with Gasteiger partial charge in [0.15, 0.2) is 0 Å². The van der Waals surface area contributed by atoms with Crippen LogP contribution in [0, 0.1) is 0 Å². The monoisotopic (exact) mass is 293 g/mol. The molecule has 0 aliphatic carbocycles. The number of carbonyl (C=O) groups excluding carboxylic acids is 1. The zero-order valence-corrected chi connectivity index (χ0v) is 12.3. The van der Waals surface area contributed by atoms with E-state index in [1.807, 2.05) is 20.8 Å². The molecule has 1 aliphatic rings.